The second-order valence-corrected chi connectivity index (χ2v) is 3.41. The van der Waals surface area contributed by atoms with Gasteiger partial charge in [0.15, 0.2) is 0 Å². The van der Waals surface area contributed by atoms with Gasteiger partial charge in [-0.25, -0.2) is 0 Å². The normalized spacial score (nSPS) is 16.7. The Kier molecular flexibility index (Phi) is 2.61. The average Bonchev–Trinajstić information content (AvgIpc) is 2.38. The molecule has 0 spiro atoms. The van der Waals surface area contributed by atoms with Crippen molar-refractivity contribution in [2.75, 3.05) is 20.1 Å². The van der Waals surface area contributed by atoms with E-state index in [1.54, 1.807) is 0 Å². The summed E-state index contributed by atoms with van der Waals surface area (Å²) >= 11 is 0. The van der Waals surface area contributed by atoms with Gasteiger partial charge in [0.05, 0.1) is 5.69 Å². The number of aromatic amines is 1. The Balaban J connectivity index is 2.23. The van der Waals surface area contributed by atoms with Crippen LogP contribution in [-0.2, 0) is 19.4 Å². The minimum absolute atomic E-state index is 0.867. The number of aromatic nitrogens is 2. The molecule has 0 unspecified atom stereocenters. The highest BCUT2D eigenvalue weighted by Crippen LogP contribution is 2.14. The first-order valence-corrected chi connectivity index (χ1v) is 4.82. The number of fused-ring (bicyclic) bond motifs is 1. The summed E-state index contributed by atoms with van der Waals surface area (Å²) in [4.78, 5) is 0. The fourth-order valence-corrected chi connectivity index (χ4v) is 1.81. The number of hydrogen-bond acceptors (Lipinski definition) is 3. The molecule has 1 aliphatic rings. The topological polar surface area (TPSA) is 52.7 Å². The molecule has 72 valence electrons. The number of nitrogens with one attached hydrogen (secondary N) is 3. The second kappa shape index (κ2) is 3.89. The van der Waals surface area contributed by atoms with Crippen LogP contribution in [0.25, 0.3) is 0 Å². The van der Waals surface area contributed by atoms with E-state index in [-0.39, 0.29) is 0 Å². The third kappa shape index (κ3) is 1.73. The summed E-state index contributed by atoms with van der Waals surface area (Å²) in [6.07, 6.45) is 2.18. The molecule has 3 N–H and O–H groups in total. The molecular weight excluding hydrogens is 164 g/mol. The van der Waals surface area contributed by atoms with E-state index in [0.717, 1.165) is 32.5 Å². The van der Waals surface area contributed by atoms with Crippen LogP contribution in [0.5, 0.6) is 0 Å². The molecule has 0 saturated heterocycles. The van der Waals surface area contributed by atoms with E-state index in [1.807, 2.05) is 7.05 Å². The molecule has 4 heteroatoms. The fraction of sp³-hybridized carbons (Fsp3) is 0.667. The van der Waals surface area contributed by atoms with Gasteiger partial charge in [0.1, 0.15) is 0 Å². The van der Waals surface area contributed by atoms with Crippen molar-refractivity contribution in [1.29, 1.82) is 0 Å². The molecule has 0 aromatic carbocycles. The Morgan fingerprint density at radius 1 is 1.38 bits per heavy atom. The minimum Gasteiger partial charge on any atom is -0.316 e. The van der Waals surface area contributed by atoms with Gasteiger partial charge >= 0.3 is 0 Å². The number of rotatable bonds is 2. The summed E-state index contributed by atoms with van der Waals surface area (Å²) in [5, 5.41) is 14.0. The summed E-state index contributed by atoms with van der Waals surface area (Å²) in [5.74, 6) is 0. The van der Waals surface area contributed by atoms with E-state index in [2.05, 4.69) is 20.8 Å². The molecule has 1 aliphatic heterocycles. The Hall–Kier alpha value is -0.870. The van der Waals surface area contributed by atoms with E-state index >= 15 is 0 Å². The Labute approximate surface area is 78.1 Å². The number of H-pyrrole nitrogens is 1. The molecule has 0 amide bonds. The molecule has 2 heterocycles. The van der Waals surface area contributed by atoms with Gasteiger partial charge in [0.2, 0.25) is 0 Å². The van der Waals surface area contributed by atoms with Gasteiger partial charge in [-0.1, -0.05) is 0 Å². The average molecular weight is 180 g/mol. The van der Waals surface area contributed by atoms with Gasteiger partial charge in [-0.15, -0.1) is 0 Å². The third-order valence-corrected chi connectivity index (χ3v) is 2.49. The van der Waals surface area contributed by atoms with Gasteiger partial charge < -0.3 is 10.6 Å². The van der Waals surface area contributed by atoms with Crippen LogP contribution in [0.15, 0.2) is 0 Å². The van der Waals surface area contributed by atoms with Gasteiger partial charge in [-0.2, -0.15) is 5.10 Å². The highest BCUT2D eigenvalue weighted by molar-refractivity contribution is 5.27. The monoisotopic (exact) mass is 180 g/mol. The van der Waals surface area contributed by atoms with Gasteiger partial charge in [0.25, 0.3) is 0 Å². The zero-order valence-corrected chi connectivity index (χ0v) is 7.98. The van der Waals surface area contributed by atoms with Crippen molar-refractivity contribution in [3.05, 3.63) is 17.0 Å². The number of nitrogens with zero attached hydrogens (tertiary/aromatic N) is 1. The molecule has 0 radical (unpaired) electrons. The van der Waals surface area contributed by atoms with E-state index < -0.39 is 0 Å². The van der Waals surface area contributed by atoms with Crippen LogP contribution in [0.3, 0.4) is 0 Å². The summed E-state index contributed by atoms with van der Waals surface area (Å²) in [5.41, 5.74) is 3.91. The SMILES string of the molecule is CNCc1n[nH]c2c1CCNCC2. The zero-order valence-electron chi connectivity index (χ0n) is 7.98. The maximum Gasteiger partial charge on any atom is 0.0795 e. The highest BCUT2D eigenvalue weighted by atomic mass is 15.1. The first-order valence-electron chi connectivity index (χ1n) is 4.82. The van der Waals surface area contributed by atoms with Crippen molar-refractivity contribution in [3.63, 3.8) is 0 Å². The van der Waals surface area contributed by atoms with Crippen molar-refractivity contribution in [1.82, 2.24) is 20.8 Å². The lowest BCUT2D eigenvalue weighted by atomic mass is 10.1. The maximum atomic E-state index is 4.31. The summed E-state index contributed by atoms with van der Waals surface area (Å²) in [7, 11) is 1.95. The third-order valence-electron chi connectivity index (χ3n) is 2.49. The Morgan fingerprint density at radius 2 is 2.23 bits per heavy atom. The van der Waals surface area contributed by atoms with Crippen LogP contribution in [0.4, 0.5) is 0 Å². The van der Waals surface area contributed by atoms with Crippen molar-refractivity contribution < 1.29 is 0 Å². The van der Waals surface area contributed by atoms with E-state index in [0.29, 0.717) is 0 Å². The molecule has 13 heavy (non-hydrogen) atoms. The van der Waals surface area contributed by atoms with Gasteiger partial charge in [0, 0.05) is 25.2 Å². The number of hydrogen-bond donors (Lipinski definition) is 3. The summed E-state index contributed by atoms with van der Waals surface area (Å²) in [6.45, 7) is 3.00. The Bertz CT molecular complexity index is 279. The zero-order chi connectivity index (χ0) is 9.10. The van der Waals surface area contributed by atoms with E-state index in [4.69, 9.17) is 0 Å². The van der Waals surface area contributed by atoms with Crippen LogP contribution in [0.1, 0.15) is 17.0 Å². The van der Waals surface area contributed by atoms with Gasteiger partial charge in [-0.05, 0) is 25.6 Å². The van der Waals surface area contributed by atoms with Gasteiger partial charge in [-0.3, -0.25) is 5.10 Å². The molecule has 1 aromatic rings. The van der Waals surface area contributed by atoms with Crippen molar-refractivity contribution >= 4 is 0 Å². The smallest absolute Gasteiger partial charge is 0.0795 e. The maximum absolute atomic E-state index is 4.31. The molecule has 0 atom stereocenters. The molecule has 1 aromatic heterocycles. The Morgan fingerprint density at radius 3 is 3.08 bits per heavy atom. The minimum atomic E-state index is 0.867. The van der Waals surface area contributed by atoms with Crippen LogP contribution in [0, 0.1) is 0 Å². The lowest BCUT2D eigenvalue weighted by molar-refractivity contribution is 0.694. The summed E-state index contributed by atoms with van der Waals surface area (Å²) in [6, 6.07) is 0. The predicted molar refractivity (Wildman–Crippen MR) is 51.6 cm³/mol. The lowest BCUT2D eigenvalue weighted by Crippen LogP contribution is -2.17. The molecule has 2 rings (SSSR count). The molecule has 0 saturated carbocycles. The van der Waals surface area contributed by atoms with Crippen LogP contribution in [-0.4, -0.2) is 30.3 Å². The van der Waals surface area contributed by atoms with Crippen LogP contribution >= 0.6 is 0 Å². The predicted octanol–water partition coefficient (Wildman–Crippen LogP) is -0.183. The molecule has 0 aliphatic carbocycles. The van der Waals surface area contributed by atoms with Crippen LogP contribution < -0.4 is 10.6 Å². The summed E-state index contributed by atoms with van der Waals surface area (Å²) < 4.78 is 0. The van der Waals surface area contributed by atoms with Crippen molar-refractivity contribution in [2.45, 2.75) is 19.4 Å². The highest BCUT2D eigenvalue weighted by Gasteiger charge is 2.14. The van der Waals surface area contributed by atoms with Crippen LogP contribution in [0.2, 0.25) is 0 Å². The van der Waals surface area contributed by atoms with Crippen molar-refractivity contribution in [2.24, 2.45) is 0 Å². The lowest BCUT2D eigenvalue weighted by Gasteiger charge is -2.00. The largest absolute Gasteiger partial charge is 0.316 e. The second-order valence-electron chi connectivity index (χ2n) is 3.41. The first kappa shape index (κ1) is 8.72. The van der Waals surface area contributed by atoms with Crippen molar-refractivity contribution in [3.8, 4) is 0 Å². The van der Waals surface area contributed by atoms with E-state index in [1.165, 1.54) is 17.0 Å². The van der Waals surface area contributed by atoms with E-state index in [9.17, 15) is 0 Å². The molecular formula is C9H16N4. The molecule has 0 fully saturated rings. The quantitative estimate of drug-likeness (QED) is 0.591. The molecule has 4 nitrogen and oxygen atoms in total. The molecule has 0 bridgehead atoms. The standard InChI is InChI=1S/C9H16N4/c1-10-6-9-7-2-4-11-5-3-8(7)12-13-9/h10-11H,2-6H2,1H3,(H,12,13). The fourth-order valence-electron chi connectivity index (χ4n) is 1.81. The first-order chi connectivity index (χ1) is 6.42.